The molecule has 9 nitrogen and oxygen atoms in total. The van der Waals surface area contributed by atoms with Gasteiger partial charge in [-0.3, -0.25) is 9.59 Å². The highest BCUT2D eigenvalue weighted by Crippen LogP contribution is 2.37. The topological polar surface area (TPSA) is 133 Å². The first-order valence-electron chi connectivity index (χ1n) is 10.3. The summed E-state index contributed by atoms with van der Waals surface area (Å²) in [6.45, 7) is -0.0353. The van der Waals surface area contributed by atoms with Crippen LogP contribution < -0.4 is 16.2 Å². The number of benzene rings is 2. The predicted octanol–water partition coefficient (Wildman–Crippen LogP) is 3.25. The van der Waals surface area contributed by atoms with Crippen molar-refractivity contribution in [2.45, 2.75) is 31.8 Å². The van der Waals surface area contributed by atoms with Crippen LogP contribution in [0.4, 0.5) is 22.4 Å². The van der Waals surface area contributed by atoms with Gasteiger partial charge in [0.05, 0.1) is 0 Å². The first-order valence-corrected chi connectivity index (χ1v) is 10.3. The molecule has 0 aliphatic rings. The van der Waals surface area contributed by atoms with Gasteiger partial charge in [-0.05, 0) is 30.2 Å². The molecule has 0 aliphatic carbocycles. The van der Waals surface area contributed by atoms with Crippen LogP contribution in [-0.4, -0.2) is 33.3 Å². The summed E-state index contributed by atoms with van der Waals surface area (Å²) in [4.78, 5) is 42.1. The molecule has 0 fully saturated rings. The van der Waals surface area contributed by atoms with E-state index in [2.05, 4.69) is 10.3 Å². The summed E-state index contributed by atoms with van der Waals surface area (Å²) in [5.74, 6) is -4.10. The Kier molecular flexibility index (Phi) is 7.61. The zero-order valence-corrected chi connectivity index (χ0v) is 18.6. The molecule has 0 bridgehead atoms. The zero-order valence-electron chi connectivity index (χ0n) is 18.6. The molecule has 36 heavy (non-hydrogen) atoms. The van der Waals surface area contributed by atoms with Crippen LogP contribution in [0.15, 0.2) is 59.4 Å². The second-order valence-corrected chi connectivity index (χ2v) is 7.73. The number of H-pyrrole nitrogens is 1. The first-order chi connectivity index (χ1) is 16.9. The van der Waals surface area contributed by atoms with Crippen LogP contribution in [0.1, 0.15) is 34.4 Å². The van der Waals surface area contributed by atoms with E-state index in [1.165, 1.54) is 12.1 Å². The highest BCUT2D eigenvalue weighted by atomic mass is 19.4. The third-order valence-corrected chi connectivity index (χ3v) is 5.08. The molecule has 0 saturated carbocycles. The second kappa shape index (κ2) is 10.5. The molecule has 3 rings (SSSR count). The van der Waals surface area contributed by atoms with E-state index in [9.17, 15) is 37.1 Å². The lowest BCUT2D eigenvalue weighted by molar-refractivity contribution is -0.195. The van der Waals surface area contributed by atoms with Gasteiger partial charge >= 0.3 is 12.3 Å². The third kappa shape index (κ3) is 5.98. The second-order valence-electron chi connectivity index (χ2n) is 7.73. The molecule has 2 aromatic carbocycles. The molecule has 0 saturated heterocycles. The largest absolute Gasteiger partial charge is 0.501 e. The number of aromatic nitrogens is 2. The number of hydrogen-bond acceptors (Lipinski definition) is 6. The van der Waals surface area contributed by atoms with Gasteiger partial charge in [0.25, 0.3) is 11.5 Å². The number of rotatable bonds is 7. The number of alkyl halides is 3. The van der Waals surface area contributed by atoms with Crippen molar-refractivity contribution in [1.29, 1.82) is 0 Å². The van der Waals surface area contributed by atoms with Crippen molar-refractivity contribution in [3.8, 4) is 5.75 Å². The number of carbonyl (C=O) groups is 2. The van der Waals surface area contributed by atoms with Crippen LogP contribution in [-0.2, 0) is 23.4 Å². The van der Waals surface area contributed by atoms with Gasteiger partial charge in [0.2, 0.25) is 5.75 Å². The number of carbonyl (C=O) groups excluding carboxylic acids is 2. The van der Waals surface area contributed by atoms with Crippen molar-refractivity contribution in [2.75, 3.05) is 0 Å². The molecule has 3 aromatic rings. The predicted molar refractivity (Wildman–Crippen MR) is 117 cm³/mol. The van der Waals surface area contributed by atoms with Crippen molar-refractivity contribution in [3.63, 3.8) is 0 Å². The smallest absolute Gasteiger partial charge is 0.418 e. The molecule has 2 amide bonds. The fourth-order valence-electron chi connectivity index (χ4n) is 2.96. The van der Waals surface area contributed by atoms with E-state index in [-0.39, 0.29) is 13.2 Å². The number of aromatic amines is 1. The Morgan fingerprint density at radius 1 is 1.06 bits per heavy atom. The average molecular weight is 508 g/mol. The fraction of sp³-hybridized carbons (Fsp3) is 0.217. The van der Waals surface area contributed by atoms with Gasteiger partial charge in [-0.15, -0.1) is 0 Å². The summed E-state index contributed by atoms with van der Waals surface area (Å²) in [5, 5.41) is 13.9. The Morgan fingerprint density at radius 3 is 2.31 bits per heavy atom. The maximum absolute atomic E-state index is 14.1. The Hall–Kier alpha value is -4.42. The molecule has 13 heteroatoms. The van der Waals surface area contributed by atoms with Crippen LogP contribution in [0.5, 0.6) is 5.75 Å². The summed E-state index contributed by atoms with van der Waals surface area (Å²) in [5.41, 5.74) is -4.82. The molecular weight excluding hydrogens is 488 g/mol. The summed E-state index contributed by atoms with van der Waals surface area (Å²) in [6.07, 6.45) is -6.69. The molecule has 0 spiro atoms. The van der Waals surface area contributed by atoms with E-state index in [4.69, 9.17) is 4.74 Å². The van der Waals surface area contributed by atoms with E-state index in [0.29, 0.717) is 18.1 Å². The van der Waals surface area contributed by atoms with Gasteiger partial charge in [-0.2, -0.15) is 13.2 Å². The SMILES string of the molecule is CC(NC(=O)OCc1ccccc1)(c1nc(C(=O)NCc2ccc(F)cc2)c(O)c(=O)[nH]1)C(F)(F)F. The van der Waals surface area contributed by atoms with Gasteiger partial charge < -0.3 is 25.5 Å². The highest BCUT2D eigenvalue weighted by Gasteiger charge is 2.56. The van der Waals surface area contributed by atoms with E-state index in [1.54, 1.807) is 40.6 Å². The monoisotopic (exact) mass is 508 g/mol. The number of alkyl carbamates (subject to hydrolysis) is 1. The van der Waals surface area contributed by atoms with Crippen LogP contribution in [0.25, 0.3) is 0 Å². The van der Waals surface area contributed by atoms with Crippen molar-refractivity contribution < 1.29 is 37.0 Å². The van der Waals surface area contributed by atoms with Crippen LogP contribution in [0.3, 0.4) is 0 Å². The standard InChI is InChI=1S/C23H20F4N4O5/c1-22(23(25,26)27,31-21(35)36-12-14-5-3-2-4-6-14)20-29-16(17(32)19(34)30-20)18(33)28-11-13-7-9-15(24)10-8-13/h2-10,32H,11-12H2,1H3,(H,28,33)(H,31,35)(H,29,30,34). The number of nitrogens with one attached hydrogen (secondary N) is 3. The lowest BCUT2D eigenvalue weighted by atomic mass is 10.0. The van der Waals surface area contributed by atoms with E-state index < -0.39 is 52.4 Å². The molecule has 1 atom stereocenters. The summed E-state index contributed by atoms with van der Waals surface area (Å²) in [7, 11) is 0. The average Bonchev–Trinajstić information content (AvgIpc) is 2.83. The zero-order chi connectivity index (χ0) is 26.5. The van der Waals surface area contributed by atoms with Crippen LogP contribution in [0, 0.1) is 5.82 Å². The van der Waals surface area contributed by atoms with Gasteiger partial charge in [-0.1, -0.05) is 42.5 Å². The van der Waals surface area contributed by atoms with E-state index >= 15 is 0 Å². The minimum absolute atomic E-state index is 0.205. The molecule has 1 aromatic heterocycles. The van der Waals surface area contributed by atoms with Crippen molar-refractivity contribution in [2.24, 2.45) is 0 Å². The minimum Gasteiger partial charge on any atom is -0.501 e. The fourth-order valence-corrected chi connectivity index (χ4v) is 2.96. The molecule has 1 heterocycles. The molecule has 4 N–H and O–H groups in total. The van der Waals surface area contributed by atoms with Crippen molar-refractivity contribution in [3.05, 3.63) is 93.4 Å². The Balaban J connectivity index is 1.85. The lowest BCUT2D eigenvalue weighted by Gasteiger charge is -2.31. The summed E-state index contributed by atoms with van der Waals surface area (Å²) >= 11 is 0. The molecular formula is C23H20F4N4O5. The van der Waals surface area contributed by atoms with Crippen molar-refractivity contribution in [1.82, 2.24) is 20.6 Å². The molecule has 0 aliphatic heterocycles. The molecule has 0 radical (unpaired) electrons. The van der Waals surface area contributed by atoms with Crippen LogP contribution >= 0.6 is 0 Å². The van der Waals surface area contributed by atoms with Crippen molar-refractivity contribution >= 4 is 12.0 Å². The summed E-state index contributed by atoms with van der Waals surface area (Å²) in [6, 6.07) is 13.1. The third-order valence-electron chi connectivity index (χ3n) is 5.08. The normalized spacial score (nSPS) is 12.9. The Bertz CT molecular complexity index is 1300. The Labute approximate surface area is 201 Å². The number of ether oxygens (including phenoxy) is 1. The quantitative estimate of drug-likeness (QED) is 0.362. The van der Waals surface area contributed by atoms with E-state index in [0.717, 1.165) is 12.1 Å². The number of halogens is 4. The van der Waals surface area contributed by atoms with Gasteiger partial charge in [0, 0.05) is 6.54 Å². The molecule has 190 valence electrons. The van der Waals surface area contributed by atoms with Crippen LogP contribution in [0.2, 0.25) is 0 Å². The number of aromatic hydroxyl groups is 1. The number of amides is 2. The van der Waals surface area contributed by atoms with Gasteiger partial charge in [-0.25, -0.2) is 14.2 Å². The maximum Gasteiger partial charge on any atom is 0.418 e. The molecule has 1 unspecified atom stereocenters. The minimum atomic E-state index is -5.21. The van der Waals surface area contributed by atoms with E-state index in [1.807, 2.05) is 0 Å². The lowest BCUT2D eigenvalue weighted by Crippen LogP contribution is -2.55. The Morgan fingerprint density at radius 2 is 1.69 bits per heavy atom. The highest BCUT2D eigenvalue weighted by molar-refractivity contribution is 5.94. The number of nitrogens with zero attached hydrogens (tertiary/aromatic N) is 1. The summed E-state index contributed by atoms with van der Waals surface area (Å²) < 4.78 is 60.0. The first kappa shape index (κ1) is 26.2. The van der Waals surface area contributed by atoms with Gasteiger partial charge in [0.15, 0.2) is 11.2 Å². The number of hydrogen-bond donors (Lipinski definition) is 4. The van der Waals surface area contributed by atoms with Gasteiger partial charge in [0.1, 0.15) is 18.2 Å². The maximum atomic E-state index is 14.1.